The molecule has 0 aliphatic rings. The monoisotopic (exact) mass is 284 g/mol. The smallest absolute Gasteiger partial charge is 0.257 e. The van der Waals surface area contributed by atoms with Crippen LogP contribution in [0.25, 0.3) is 0 Å². The summed E-state index contributed by atoms with van der Waals surface area (Å²) in [5.74, 6) is -0.172. The van der Waals surface area contributed by atoms with Gasteiger partial charge < -0.3 is 0 Å². The van der Waals surface area contributed by atoms with Gasteiger partial charge in [-0.1, -0.05) is 31.5 Å². The maximum absolute atomic E-state index is 12.0. The third kappa shape index (κ3) is 4.65. The third-order valence-electron chi connectivity index (χ3n) is 2.54. The predicted molar refractivity (Wildman–Crippen MR) is 73.8 cm³/mol. The number of amides is 1. The second kappa shape index (κ2) is 6.16. The standard InChI is InChI=1S/C13H20N2O3S/c1-9(2)7-13(16)14-15-19(17,18)12-6-5-10(3)8-11(12)4/h5-6,8-9,15H,7H2,1-4H3,(H,14,16). The van der Waals surface area contributed by atoms with E-state index in [2.05, 4.69) is 10.3 Å². The van der Waals surface area contributed by atoms with Crippen molar-refractivity contribution in [3.05, 3.63) is 29.3 Å². The van der Waals surface area contributed by atoms with Crippen molar-refractivity contribution in [2.24, 2.45) is 5.92 Å². The first kappa shape index (κ1) is 15.7. The molecule has 1 aromatic rings. The molecule has 0 heterocycles. The van der Waals surface area contributed by atoms with Crippen LogP contribution in [0.15, 0.2) is 23.1 Å². The zero-order valence-corrected chi connectivity index (χ0v) is 12.5. The third-order valence-corrected chi connectivity index (χ3v) is 3.95. The number of hydrogen-bond donors (Lipinski definition) is 2. The molecule has 0 atom stereocenters. The highest BCUT2D eigenvalue weighted by Crippen LogP contribution is 2.15. The Morgan fingerprint density at radius 2 is 1.89 bits per heavy atom. The summed E-state index contributed by atoms with van der Waals surface area (Å²) in [7, 11) is -3.72. The van der Waals surface area contributed by atoms with Crippen LogP contribution in [-0.4, -0.2) is 14.3 Å². The summed E-state index contributed by atoms with van der Waals surface area (Å²) < 4.78 is 24.1. The summed E-state index contributed by atoms with van der Waals surface area (Å²) in [6.45, 7) is 7.38. The number of carbonyl (C=O) groups excluding carboxylic acids is 1. The lowest BCUT2D eigenvalue weighted by molar-refractivity contribution is -0.122. The van der Waals surface area contributed by atoms with Crippen molar-refractivity contribution in [2.45, 2.75) is 39.0 Å². The van der Waals surface area contributed by atoms with Crippen LogP contribution in [0.5, 0.6) is 0 Å². The molecule has 0 saturated heterocycles. The summed E-state index contributed by atoms with van der Waals surface area (Å²) in [6, 6.07) is 5.03. The van der Waals surface area contributed by atoms with Crippen molar-refractivity contribution < 1.29 is 13.2 Å². The number of aryl methyl sites for hydroxylation is 2. The van der Waals surface area contributed by atoms with Gasteiger partial charge in [0.05, 0.1) is 4.90 Å². The van der Waals surface area contributed by atoms with Crippen LogP contribution < -0.4 is 10.3 Å². The molecule has 0 aromatic heterocycles. The molecule has 0 saturated carbocycles. The van der Waals surface area contributed by atoms with Gasteiger partial charge in [-0.25, -0.2) is 8.42 Å². The van der Waals surface area contributed by atoms with Crippen LogP contribution in [0.4, 0.5) is 0 Å². The van der Waals surface area contributed by atoms with Crippen LogP contribution >= 0.6 is 0 Å². The molecule has 0 aliphatic carbocycles. The number of benzene rings is 1. The lowest BCUT2D eigenvalue weighted by Crippen LogP contribution is -2.42. The molecule has 0 bridgehead atoms. The Morgan fingerprint density at radius 3 is 2.42 bits per heavy atom. The van der Waals surface area contributed by atoms with E-state index >= 15 is 0 Å². The van der Waals surface area contributed by atoms with Crippen LogP contribution in [0, 0.1) is 19.8 Å². The Kier molecular flexibility index (Phi) is 5.08. The van der Waals surface area contributed by atoms with Gasteiger partial charge in [0, 0.05) is 6.42 Å². The predicted octanol–water partition coefficient (Wildman–Crippen LogP) is 1.66. The highest BCUT2D eigenvalue weighted by Gasteiger charge is 2.17. The van der Waals surface area contributed by atoms with Crippen molar-refractivity contribution in [3.8, 4) is 0 Å². The van der Waals surface area contributed by atoms with Gasteiger partial charge in [0.15, 0.2) is 0 Å². The van der Waals surface area contributed by atoms with E-state index in [-0.39, 0.29) is 23.1 Å². The minimum atomic E-state index is -3.72. The number of nitrogens with one attached hydrogen (secondary N) is 2. The fraction of sp³-hybridized carbons (Fsp3) is 0.462. The van der Waals surface area contributed by atoms with E-state index in [0.717, 1.165) is 5.56 Å². The molecule has 0 unspecified atom stereocenters. The number of sulfonamides is 1. The second-order valence-corrected chi connectivity index (χ2v) is 6.67. The zero-order valence-electron chi connectivity index (χ0n) is 11.6. The first-order chi connectivity index (χ1) is 8.72. The molecule has 19 heavy (non-hydrogen) atoms. The van der Waals surface area contributed by atoms with E-state index in [0.29, 0.717) is 5.56 Å². The molecule has 1 aromatic carbocycles. The Labute approximate surface area is 114 Å². The van der Waals surface area contributed by atoms with Gasteiger partial charge in [0.25, 0.3) is 10.0 Å². The lowest BCUT2D eigenvalue weighted by atomic mass is 10.1. The summed E-state index contributed by atoms with van der Waals surface area (Å²) in [5, 5.41) is 0. The fourth-order valence-electron chi connectivity index (χ4n) is 1.70. The number of rotatable bonds is 5. The topological polar surface area (TPSA) is 75.3 Å². The van der Waals surface area contributed by atoms with Gasteiger partial charge in [-0.2, -0.15) is 0 Å². The summed E-state index contributed by atoms with van der Waals surface area (Å²) in [6.07, 6.45) is 0.273. The lowest BCUT2D eigenvalue weighted by Gasteiger charge is -2.11. The van der Waals surface area contributed by atoms with Gasteiger partial charge >= 0.3 is 0 Å². The molecule has 5 nitrogen and oxygen atoms in total. The largest absolute Gasteiger partial charge is 0.278 e. The van der Waals surface area contributed by atoms with Gasteiger partial charge in [-0.3, -0.25) is 10.2 Å². The average molecular weight is 284 g/mol. The molecule has 0 radical (unpaired) electrons. The molecular weight excluding hydrogens is 264 g/mol. The maximum Gasteiger partial charge on any atom is 0.257 e. The molecule has 1 amide bonds. The Balaban J connectivity index is 2.79. The Hall–Kier alpha value is -1.40. The van der Waals surface area contributed by atoms with Gasteiger partial charge in [-0.05, 0) is 31.4 Å². The van der Waals surface area contributed by atoms with E-state index in [4.69, 9.17) is 0 Å². The minimum absolute atomic E-state index is 0.169. The van der Waals surface area contributed by atoms with E-state index < -0.39 is 10.0 Å². The normalized spacial score (nSPS) is 11.6. The Morgan fingerprint density at radius 1 is 1.26 bits per heavy atom. The van der Waals surface area contributed by atoms with Crippen LogP contribution in [0.3, 0.4) is 0 Å². The van der Waals surface area contributed by atoms with Gasteiger partial charge in [0.2, 0.25) is 5.91 Å². The van der Waals surface area contributed by atoms with Gasteiger partial charge in [0.1, 0.15) is 0 Å². The Bertz CT molecular complexity index is 565. The molecule has 6 heteroatoms. The quantitative estimate of drug-likeness (QED) is 0.807. The molecule has 2 N–H and O–H groups in total. The number of carbonyl (C=O) groups is 1. The maximum atomic E-state index is 12.0. The zero-order chi connectivity index (χ0) is 14.6. The summed E-state index contributed by atoms with van der Waals surface area (Å²) in [5.41, 5.74) is 3.85. The highest BCUT2D eigenvalue weighted by molar-refractivity contribution is 7.89. The van der Waals surface area contributed by atoms with E-state index in [9.17, 15) is 13.2 Å². The molecule has 0 aliphatic heterocycles. The van der Waals surface area contributed by atoms with E-state index in [1.807, 2.05) is 20.8 Å². The van der Waals surface area contributed by atoms with Gasteiger partial charge in [-0.15, -0.1) is 4.83 Å². The number of hydrazine groups is 1. The first-order valence-electron chi connectivity index (χ1n) is 6.10. The molecule has 106 valence electrons. The van der Waals surface area contributed by atoms with Crippen molar-refractivity contribution in [1.29, 1.82) is 0 Å². The molecule has 1 rings (SSSR count). The summed E-state index contributed by atoms with van der Waals surface area (Å²) >= 11 is 0. The highest BCUT2D eigenvalue weighted by atomic mass is 32.2. The van der Waals surface area contributed by atoms with Crippen molar-refractivity contribution >= 4 is 15.9 Å². The van der Waals surface area contributed by atoms with Crippen LogP contribution in [-0.2, 0) is 14.8 Å². The van der Waals surface area contributed by atoms with Crippen molar-refractivity contribution in [2.75, 3.05) is 0 Å². The fourth-order valence-corrected chi connectivity index (χ4v) is 2.79. The van der Waals surface area contributed by atoms with E-state index in [1.165, 1.54) is 6.07 Å². The SMILES string of the molecule is Cc1ccc(S(=O)(=O)NNC(=O)CC(C)C)c(C)c1. The van der Waals surface area contributed by atoms with E-state index in [1.54, 1.807) is 19.1 Å². The average Bonchev–Trinajstić information content (AvgIpc) is 2.25. The summed E-state index contributed by atoms with van der Waals surface area (Å²) in [4.78, 5) is 13.7. The molecular formula is C13H20N2O3S. The van der Waals surface area contributed by atoms with Crippen LogP contribution in [0.1, 0.15) is 31.4 Å². The minimum Gasteiger partial charge on any atom is -0.278 e. The first-order valence-corrected chi connectivity index (χ1v) is 7.58. The second-order valence-electron chi connectivity index (χ2n) is 5.02. The number of hydrogen-bond acceptors (Lipinski definition) is 3. The molecule has 0 spiro atoms. The van der Waals surface area contributed by atoms with Crippen molar-refractivity contribution in [1.82, 2.24) is 10.3 Å². The van der Waals surface area contributed by atoms with Crippen molar-refractivity contribution in [3.63, 3.8) is 0 Å². The van der Waals surface area contributed by atoms with Crippen LogP contribution in [0.2, 0.25) is 0 Å². The molecule has 0 fully saturated rings.